The maximum absolute atomic E-state index is 14.0. The molecule has 7 nitrogen and oxygen atoms in total. The van der Waals surface area contributed by atoms with E-state index >= 15 is 0 Å². The Morgan fingerprint density at radius 3 is 2.35 bits per heavy atom. The second kappa shape index (κ2) is 14.2. The van der Waals surface area contributed by atoms with Gasteiger partial charge in [0.15, 0.2) is 0 Å². The van der Waals surface area contributed by atoms with Crippen molar-refractivity contribution in [3.05, 3.63) is 87.8 Å². The molecule has 0 spiro atoms. The van der Waals surface area contributed by atoms with Crippen LogP contribution in [0.2, 0.25) is 0 Å². The van der Waals surface area contributed by atoms with Crippen LogP contribution >= 0.6 is 0 Å². The predicted molar refractivity (Wildman–Crippen MR) is 179 cm³/mol. The number of fused-ring (bicyclic) bond motifs is 1. The van der Waals surface area contributed by atoms with E-state index in [1.807, 2.05) is 43.3 Å². The van der Waals surface area contributed by atoms with E-state index in [1.165, 1.54) is 0 Å². The number of rotatable bonds is 9. The first-order valence-electron chi connectivity index (χ1n) is 15.1. The first kappa shape index (κ1) is 31.5. The lowest BCUT2D eigenvalue weighted by atomic mass is 9.88. The maximum Gasteiger partial charge on any atom is 0.326 e. The van der Waals surface area contributed by atoms with E-state index in [1.54, 1.807) is 17.2 Å². The number of unbranched alkanes of at least 4 members (excludes halogenated alkanes) is 1. The number of nitrogens with one attached hydrogen (secondary N) is 2. The number of amides is 2. The molecule has 0 saturated carbocycles. The lowest BCUT2D eigenvalue weighted by Gasteiger charge is -2.27. The maximum atomic E-state index is 14.0. The number of urea groups is 1. The fraction of sp³-hybridized carbons (Fsp3) is 0.361. The first-order valence-corrected chi connectivity index (χ1v) is 15.1. The normalized spacial score (nSPS) is 11.2. The lowest BCUT2D eigenvalue weighted by Crippen LogP contribution is -2.39. The topological polar surface area (TPSA) is 81.3 Å². The highest BCUT2D eigenvalue weighted by molar-refractivity contribution is 6.03. The van der Waals surface area contributed by atoms with Crippen LogP contribution in [-0.2, 0) is 0 Å². The molecular formula is C36H43N5O2. The van der Waals surface area contributed by atoms with E-state index in [-0.39, 0.29) is 23.4 Å². The molecule has 4 rings (SSSR count). The highest BCUT2D eigenvalue weighted by Gasteiger charge is 2.24. The molecule has 0 fully saturated rings. The zero-order chi connectivity index (χ0) is 31.1. The van der Waals surface area contributed by atoms with Gasteiger partial charge >= 0.3 is 6.03 Å². The molecule has 2 aromatic heterocycles. The summed E-state index contributed by atoms with van der Waals surface area (Å²) in [6.07, 6.45) is 3.29. The molecule has 0 atom stereocenters. The summed E-state index contributed by atoms with van der Waals surface area (Å²) in [5.41, 5.74) is 6.51. The smallest absolute Gasteiger partial charge is 0.307 e. The molecule has 2 N–H and O–H groups in total. The van der Waals surface area contributed by atoms with Crippen LogP contribution < -0.4 is 15.8 Å². The van der Waals surface area contributed by atoms with Crippen molar-refractivity contribution in [1.29, 1.82) is 0 Å². The third-order valence-corrected chi connectivity index (χ3v) is 7.37. The number of carbonyl (C=O) groups is 1. The monoisotopic (exact) mass is 577 g/mol. The van der Waals surface area contributed by atoms with Gasteiger partial charge in [0.2, 0.25) is 0 Å². The molecule has 2 aromatic carbocycles. The second-order valence-corrected chi connectivity index (χ2v) is 11.8. The number of hydrogen-bond acceptors (Lipinski definition) is 4. The van der Waals surface area contributed by atoms with E-state index in [9.17, 15) is 9.59 Å². The van der Waals surface area contributed by atoms with Crippen molar-refractivity contribution in [2.75, 3.05) is 37.4 Å². The number of aromatic amines is 1. The van der Waals surface area contributed by atoms with Crippen LogP contribution in [0.5, 0.6) is 0 Å². The molecule has 2 amide bonds. The zero-order valence-corrected chi connectivity index (χ0v) is 26.4. The number of benzene rings is 2. The standard InChI is InChI=1S/C36H43N5O2/c1-8-9-19-41(32-23-28-16-11-17-37-34(28)39-35(32)42)36(43)38-33-30(24(2)3)21-29(22-31(33)25(4)5)27-15-10-13-26(20-27)14-12-18-40(6)7/h10-11,13,15-17,20-25H,8-9,18-19H2,1-7H3,(H,38,43)(H,37,39,42). The highest BCUT2D eigenvalue weighted by atomic mass is 16.2. The van der Waals surface area contributed by atoms with Gasteiger partial charge in [-0.05, 0) is 97.1 Å². The summed E-state index contributed by atoms with van der Waals surface area (Å²) < 4.78 is 0. The van der Waals surface area contributed by atoms with Crippen LogP contribution in [0.15, 0.2) is 65.6 Å². The largest absolute Gasteiger partial charge is 0.326 e. The van der Waals surface area contributed by atoms with Gasteiger partial charge in [-0.2, -0.15) is 0 Å². The summed E-state index contributed by atoms with van der Waals surface area (Å²) in [5.74, 6) is 6.79. The molecular weight excluding hydrogens is 534 g/mol. The number of nitrogens with zero attached hydrogens (tertiary/aromatic N) is 3. The fourth-order valence-corrected chi connectivity index (χ4v) is 5.03. The average Bonchev–Trinajstić information content (AvgIpc) is 2.97. The van der Waals surface area contributed by atoms with Crippen LogP contribution in [0.25, 0.3) is 22.2 Å². The van der Waals surface area contributed by atoms with Gasteiger partial charge in [-0.15, -0.1) is 0 Å². The van der Waals surface area contributed by atoms with Gasteiger partial charge in [-0.1, -0.05) is 65.0 Å². The summed E-state index contributed by atoms with van der Waals surface area (Å²) in [6.45, 7) is 11.7. The molecule has 2 heterocycles. The SMILES string of the molecule is CCCCN(C(=O)Nc1c(C(C)C)cc(-c2cccc(C#CCN(C)C)c2)cc1C(C)C)c1cc2cccnc2[nH]c1=O. The first-order chi connectivity index (χ1) is 20.6. The summed E-state index contributed by atoms with van der Waals surface area (Å²) in [5, 5.41) is 4.02. The number of carbonyl (C=O) groups excluding carboxylic acids is 1. The molecule has 0 aliphatic heterocycles. The Balaban J connectivity index is 1.76. The number of pyridine rings is 2. The van der Waals surface area contributed by atoms with Gasteiger partial charge in [-0.25, -0.2) is 9.78 Å². The van der Waals surface area contributed by atoms with Gasteiger partial charge < -0.3 is 10.3 Å². The molecule has 4 aromatic rings. The number of hydrogen-bond donors (Lipinski definition) is 2. The number of anilines is 2. The minimum absolute atomic E-state index is 0.148. The van der Waals surface area contributed by atoms with Gasteiger partial charge in [0.25, 0.3) is 5.56 Å². The summed E-state index contributed by atoms with van der Waals surface area (Å²) in [6, 6.07) is 17.8. The summed E-state index contributed by atoms with van der Waals surface area (Å²) >= 11 is 0. The van der Waals surface area contributed by atoms with Crippen molar-refractivity contribution >= 4 is 28.4 Å². The molecule has 7 heteroatoms. The van der Waals surface area contributed by atoms with Crippen molar-refractivity contribution in [1.82, 2.24) is 14.9 Å². The van der Waals surface area contributed by atoms with Crippen molar-refractivity contribution < 1.29 is 4.79 Å². The van der Waals surface area contributed by atoms with Crippen LogP contribution in [0.1, 0.15) is 76.0 Å². The Morgan fingerprint density at radius 2 is 1.70 bits per heavy atom. The molecule has 0 aliphatic rings. The fourth-order valence-electron chi connectivity index (χ4n) is 5.03. The third-order valence-electron chi connectivity index (χ3n) is 7.37. The third kappa shape index (κ3) is 7.71. The minimum Gasteiger partial charge on any atom is -0.307 e. The molecule has 43 heavy (non-hydrogen) atoms. The molecule has 0 unspecified atom stereocenters. The van der Waals surface area contributed by atoms with Crippen molar-refractivity contribution in [2.45, 2.75) is 59.3 Å². The molecule has 224 valence electrons. The summed E-state index contributed by atoms with van der Waals surface area (Å²) in [7, 11) is 4.01. The van der Waals surface area contributed by atoms with E-state index in [4.69, 9.17) is 0 Å². The Hall–Kier alpha value is -4.41. The van der Waals surface area contributed by atoms with Gasteiger partial charge in [0.05, 0.1) is 6.54 Å². The van der Waals surface area contributed by atoms with Gasteiger partial charge in [-0.3, -0.25) is 14.6 Å². The average molecular weight is 578 g/mol. The summed E-state index contributed by atoms with van der Waals surface area (Å²) in [4.78, 5) is 37.9. The van der Waals surface area contributed by atoms with Crippen LogP contribution in [-0.4, -0.2) is 48.1 Å². The van der Waals surface area contributed by atoms with Gasteiger partial charge in [0, 0.05) is 29.4 Å². The Morgan fingerprint density at radius 1 is 0.977 bits per heavy atom. The van der Waals surface area contributed by atoms with Crippen molar-refractivity contribution in [3.63, 3.8) is 0 Å². The van der Waals surface area contributed by atoms with E-state index < -0.39 is 0 Å². The van der Waals surface area contributed by atoms with E-state index in [0.717, 1.165) is 51.7 Å². The highest BCUT2D eigenvalue weighted by Crippen LogP contribution is 2.37. The Labute approximate surface area is 255 Å². The van der Waals surface area contributed by atoms with Crippen molar-refractivity contribution in [3.8, 4) is 23.0 Å². The predicted octanol–water partition coefficient (Wildman–Crippen LogP) is 7.59. The molecule has 0 aliphatic carbocycles. The lowest BCUT2D eigenvalue weighted by molar-refractivity contribution is 0.256. The molecule has 0 saturated heterocycles. The van der Waals surface area contributed by atoms with E-state index in [2.05, 4.69) is 86.0 Å². The van der Waals surface area contributed by atoms with E-state index in [0.29, 0.717) is 24.4 Å². The minimum atomic E-state index is -0.338. The quantitative estimate of drug-likeness (QED) is 0.201. The zero-order valence-electron chi connectivity index (χ0n) is 26.4. The van der Waals surface area contributed by atoms with Crippen molar-refractivity contribution in [2.24, 2.45) is 0 Å². The number of H-pyrrole nitrogens is 1. The molecule has 0 radical (unpaired) electrons. The van der Waals surface area contributed by atoms with Crippen LogP contribution in [0.3, 0.4) is 0 Å². The Bertz CT molecular complexity index is 1680. The van der Waals surface area contributed by atoms with Crippen LogP contribution in [0, 0.1) is 11.8 Å². The number of aromatic nitrogens is 2. The Kier molecular flexibility index (Phi) is 10.4. The van der Waals surface area contributed by atoms with Crippen LogP contribution in [0.4, 0.5) is 16.2 Å². The molecule has 0 bridgehead atoms. The van der Waals surface area contributed by atoms with Gasteiger partial charge in [0.1, 0.15) is 11.3 Å². The second-order valence-electron chi connectivity index (χ2n) is 11.8.